The van der Waals surface area contributed by atoms with Crippen LogP contribution in [-0.2, 0) is 22.4 Å². The Hall–Kier alpha value is -1.36. The van der Waals surface area contributed by atoms with Crippen molar-refractivity contribution in [1.29, 1.82) is 0 Å². The first-order valence-corrected chi connectivity index (χ1v) is 7.46. The van der Waals surface area contributed by atoms with Crippen molar-refractivity contribution in [3.05, 3.63) is 21.4 Å². The first-order valence-electron chi connectivity index (χ1n) is 6.64. The highest BCUT2D eigenvalue weighted by molar-refractivity contribution is 7.14. The van der Waals surface area contributed by atoms with Crippen molar-refractivity contribution in [2.24, 2.45) is 0 Å². The van der Waals surface area contributed by atoms with Gasteiger partial charge in [0.1, 0.15) is 0 Å². The lowest BCUT2D eigenvalue weighted by atomic mass is 10.2. The molecule has 0 saturated heterocycles. The number of carbonyl (C=O) groups is 2. The van der Waals surface area contributed by atoms with Gasteiger partial charge in [0.25, 0.3) is 5.91 Å². The second-order valence-corrected chi connectivity index (χ2v) is 5.83. The average Bonchev–Trinajstić information content (AvgIpc) is 2.96. The van der Waals surface area contributed by atoms with Crippen molar-refractivity contribution in [2.75, 3.05) is 20.2 Å². The largest absolute Gasteiger partial charge is 0.466 e. The van der Waals surface area contributed by atoms with E-state index in [-0.39, 0.29) is 18.3 Å². The molecule has 0 spiro atoms. The van der Waals surface area contributed by atoms with Crippen LogP contribution in [0.4, 0.5) is 0 Å². The molecular weight excluding hydrogens is 262 g/mol. The van der Waals surface area contributed by atoms with Crippen LogP contribution in [0.5, 0.6) is 0 Å². The fourth-order valence-corrected chi connectivity index (χ4v) is 3.46. The van der Waals surface area contributed by atoms with Crippen molar-refractivity contribution in [3.8, 4) is 0 Å². The molecule has 1 amide bonds. The molecule has 1 aliphatic rings. The van der Waals surface area contributed by atoms with Gasteiger partial charge in [-0.05, 0) is 37.8 Å². The Morgan fingerprint density at radius 2 is 2.21 bits per heavy atom. The summed E-state index contributed by atoms with van der Waals surface area (Å²) in [5.74, 6) is -0.250. The molecule has 5 heteroatoms. The SMILES string of the molecule is CCOC(=O)CCN(C)C(=O)c1cc2c(s1)CCC2. The van der Waals surface area contributed by atoms with Crippen molar-refractivity contribution < 1.29 is 14.3 Å². The molecule has 1 aliphatic carbocycles. The third-order valence-electron chi connectivity index (χ3n) is 3.26. The smallest absolute Gasteiger partial charge is 0.307 e. The number of thiophene rings is 1. The van der Waals surface area contributed by atoms with Crippen LogP contribution < -0.4 is 0 Å². The molecule has 0 saturated carbocycles. The van der Waals surface area contributed by atoms with Crippen LogP contribution >= 0.6 is 11.3 Å². The summed E-state index contributed by atoms with van der Waals surface area (Å²) in [5, 5.41) is 0. The van der Waals surface area contributed by atoms with Gasteiger partial charge in [-0.3, -0.25) is 9.59 Å². The summed E-state index contributed by atoms with van der Waals surface area (Å²) in [6.45, 7) is 2.56. The number of ether oxygens (including phenoxy) is 1. The zero-order valence-corrected chi connectivity index (χ0v) is 12.2. The molecule has 2 rings (SSSR count). The lowest BCUT2D eigenvalue weighted by Crippen LogP contribution is -2.28. The summed E-state index contributed by atoms with van der Waals surface area (Å²) < 4.78 is 4.85. The summed E-state index contributed by atoms with van der Waals surface area (Å²) in [6, 6.07) is 2.01. The highest BCUT2D eigenvalue weighted by atomic mass is 32.1. The number of hydrogen-bond donors (Lipinski definition) is 0. The first kappa shape index (κ1) is 14.1. The zero-order valence-electron chi connectivity index (χ0n) is 11.4. The molecule has 19 heavy (non-hydrogen) atoms. The monoisotopic (exact) mass is 281 g/mol. The number of fused-ring (bicyclic) bond motifs is 1. The number of rotatable bonds is 5. The quantitative estimate of drug-likeness (QED) is 0.778. The molecule has 0 fully saturated rings. The third-order valence-corrected chi connectivity index (χ3v) is 4.49. The molecule has 0 bridgehead atoms. The van der Waals surface area contributed by atoms with Crippen LogP contribution in [0.3, 0.4) is 0 Å². The maximum atomic E-state index is 12.2. The van der Waals surface area contributed by atoms with E-state index in [4.69, 9.17) is 4.74 Å². The second kappa shape index (κ2) is 6.19. The van der Waals surface area contributed by atoms with Gasteiger partial charge in [0.15, 0.2) is 0 Å². The van der Waals surface area contributed by atoms with E-state index in [0.29, 0.717) is 13.2 Å². The highest BCUT2D eigenvalue weighted by Crippen LogP contribution is 2.31. The fourth-order valence-electron chi connectivity index (χ4n) is 2.22. The zero-order chi connectivity index (χ0) is 13.8. The number of aryl methyl sites for hydroxylation is 2. The Kier molecular flexibility index (Phi) is 4.58. The number of amides is 1. The van der Waals surface area contributed by atoms with Gasteiger partial charge in [-0.25, -0.2) is 0 Å². The normalized spacial score (nSPS) is 13.2. The van der Waals surface area contributed by atoms with Crippen molar-refractivity contribution in [1.82, 2.24) is 4.90 Å². The number of esters is 1. The van der Waals surface area contributed by atoms with E-state index in [1.807, 2.05) is 6.07 Å². The summed E-state index contributed by atoms with van der Waals surface area (Å²) in [7, 11) is 1.73. The van der Waals surface area contributed by atoms with Crippen LogP contribution in [0, 0.1) is 0 Å². The standard InChI is InChI=1S/C14H19NO3S/c1-3-18-13(16)7-8-15(2)14(17)12-9-10-5-4-6-11(10)19-12/h9H,3-8H2,1-2H3. The highest BCUT2D eigenvalue weighted by Gasteiger charge is 2.20. The molecular formula is C14H19NO3S. The Balaban J connectivity index is 1.89. The molecule has 1 aromatic heterocycles. The molecule has 0 N–H and O–H groups in total. The molecule has 4 nitrogen and oxygen atoms in total. The maximum absolute atomic E-state index is 12.2. The van der Waals surface area contributed by atoms with Gasteiger partial charge in [0.05, 0.1) is 17.9 Å². The van der Waals surface area contributed by atoms with E-state index in [0.717, 1.165) is 17.7 Å². The topological polar surface area (TPSA) is 46.6 Å². The molecule has 0 aliphatic heterocycles. The average molecular weight is 281 g/mol. The van der Waals surface area contributed by atoms with Gasteiger partial charge in [-0.1, -0.05) is 0 Å². The lowest BCUT2D eigenvalue weighted by Gasteiger charge is -2.15. The second-order valence-electron chi connectivity index (χ2n) is 4.69. The minimum Gasteiger partial charge on any atom is -0.466 e. The molecule has 1 heterocycles. The summed E-state index contributed by atoms with van der Waals surface area (Å²) in [5.41, 5.74) is 1.33. The molecule has 0 aromatic carbocycles. The van der Waals surface area contributed by atoms with Crippen LogP contribution in [0.2, 0.25) is 0 Å². The Morgan fingerprint density at radius 3 is 2.89 bits per heavy atom. The van der Waals surface area contributed by atoms with Gasteiger partial charge in [-0.15, -0.1) is 11.3 Å². The summed E-state index contributed by atoms with van der Waals surface area (Å²) in [6.07, 6.45) is 3.64. The molecule has 0 atom stereocenters. The Bertz CT molecular complexity index is 460. The number of carbonyl (C=O) groups excluding carboxylic acids is 2. The van der Waals surface area contributed by atoms with Crippen LogP contribution in [-0.4, -0.2) is 37.0 Å². The lowest BCUT2D eigenvalue weighted by molar-refractivity contribution is -0.143. The van der Waals surface area contributed by atoms with Crippen LogP contribution in [0.15, 0.2) is 6.07 Å². The minimum atomic E-state index is -0.254. The van der Waals surface area contributed by atoms with E-state index < -0.39 is 0 Å². The Labute approximate surface area is 117 Å². The molecule has 0 unspecified atom stereocenters. The molecule has 1 aromatic rings. The summed E-state index contributed by atoms with van der Waals surface area (Å²) in [4.78, 5) is 27.2. The maximum Gasteiger partial charge on any atom is 0.307 e. The van der Waals surface area contributed by atoms with E-state index in [1.165, 1.54) is 16.9 Å². The van der Waals surface area contributed by atoms with E-state index in [9.17, 15) is 9.59 Å². The third kappa shape index (κ3) is 3.35. The van der Waals surface area contributed by atoms with Crippen molar-refractivity contribution in [3.63, 3.8) is 0 Å². The van der Waals surface area contributed by atoms with Crippen molar-refractivity contribution in [2.45, 2.75) is 32.6 Å². The summed E-state index contributed by atoms with van der Waals surface area (Å²) >= 11 is 1.60. The molecule has 104 valence electrons. The van der Waals surface area contributed by atoms with Gasteiger partial charge in [0, 0.05) is 18.5 Å². The predicted molar refractivity (Wildman–Crippen MR) is 74.6 cm³/mol. The molecule has 0 radical (unpaired) electrons. The minimum absolute atomic E-state index is 0.00342. The van der Waals surface area contributed by atoms with Gasteiger partial charge in [-0.2, -0.15) is 0 Å². The van der Waals surface area contributed by atoms with Gasteiger partial charge >= 0.3 is 5.97 Å². The van der Waals surface area contributed by atoms with Crippen LogP contribution in [0.1, 0.15) is 39.9 Å². The van der Waals surface area contributed by atoms with Crippen LogP contribution in [0.25, 0.3) is 0 Å². The predicted octanol–water partition coefficient (Wildman–Crippen LogP) is 2.26. The van der Waals surface area contributed by atoms with E-state index in [2.05, 4.69) is 0 Å². The fraction of sp³-hybridized carbons (Fsp3) is 0.571. The van der Waals surface area contributed by atoms with Gasteiger partial charge in [0.2, 0.25) is 0 Å². The number of hydrogen-bond acceptors (Lipinski definition) is 4. The Morgan fingerprint density at radius 1 is 1.42 bits per heavy atom. The van der Waals surface area contributed by atoms with Gasteiger partial charge < -0.3 is 9.64 Å². The first-order chi connectivity index (χ1) is 9.11. The number of nitrogens with zero attached hydrogens (tertiary/aromatic N) is 1. The van der Waals surface area contributed by atoms with Crippen molar-refractivity contribution >= 4 is 23.2 Å². The van der Waals surface area contributed by atoms with E-state index in [1.54, 1.807) is 30.2 Å². The van der Waals surface area contributed by atoms with E-state index >= 15 is 0 Å².